The Kier molecular flexibility index (Phi) is 5.42. The van der Waals surface area contributed by atoms with E-state index in [0.717, 1.165) is 52.0 Å². The van der Waals surface area contributed by atoms with E-state index in [0.29, 0.717) is 5.41 Å². The fourth-order valence-corrected chi connectivity index (χ4v) is 2.66. The van der Waals surface area contributed by atoms with Gasteiger partial charge in [-0.3, -0.25) is 0 Å². The Labute approximate surface area is 111 Å². The van der Waals surface area contributed by atoms with Crippen LogP contribution in [-0.2, 0) is 9.47 Å². The molecule has 0 bridgehead atoms. The first kappa shape index (κ1) is 14.3. The summed E-state index contributed by atoms with van der Waals surface area (Å²) in [6.07, 6.45) is 3.91. The molecule has 0 spiro atoms. The van der Waals surface area contributed by atoms with Gasteiger partial charge in [-0.15, -0.1) is 0 Å². The molecule has 2 rings (SSSR count). The van der Waals surface area contributed by atoms with Crippen LogP contribution in [0.3, 0.4) is 0 Å². The molecule has 2 fully saturated rings. The topological polar surface area (TPSA) is 33.7 Å². The fourth-order valence-electron chi connectivity index (χ4n) is 2.66. The third-order valence-corrected chi connectivity index (χ3v) is 4.15. The van der Waals surface area contributed by atoms with Crippen molar-refractivity contribution in [3.05, 3.63) is 0 Å². The van der Waals surface area contributed by atoms with E-state index in [2.05, 4.69) is 17.1 Å². The molecule has 0 aromatic heterocycles. The Bertz CT molecular complexity index is 238. The summed E-state index contributed by atoms with van der Waals surface area (Å²) in [4.78, 5) is 2.49. The van der Waals surface area contributed by atoms with Crippen LogP contribution < -0.4 is 5.32 Å². The average molecular weight is 256 g/mol. The predicted molar refractivity (Wildman–Crippen MR) is 72.9 cm³/mol. The molecule has 1 unspecified atom stereocenters. The maximum atomic E-state index is 5.67. The summed E-state index contributed by atoms with van der Waals surface area (Å²) >= 11 is 0. The number of hydrogen-bond acceptors (Lipinski definition) is 4. The molecule has 0 aromatic carbocycles. The van der Waals surface area contributed by atoms with Crippen molar-refractivity contribution in [1.82, 2.24) is 10.2 Å². The lowest BCUT2D eigenvalue weighted by Crippen LogP contribution is -2.46. The molecule has 106 valence electrons. The molecule has 18 heavy (non-hydrogen) atoms. The lowest BCUT2D eigenvalue weighted by Gasteiger charge is -2.34. The van der Waals surface area contributed by atoms with E-state index in [9.17, 15) is 0 Å². The number of ether oxygens (including phenoxy) is 2. The highest BCUT2D eigenvalue weighted by Crippen LogP contribution is 2.30. The Morgan fingerprint density at radius 1 is 1.44 bits per heavy atom. The largest absolute Gasteiger partial charge is 0.383 e. The van der Waals surface area contributed by atoms with Gasteiger partial charge < -0.3 is 19.7 Å². The van der Waals surface area contributed by atoms with Crippen LogP contribution in [0.25, 0.3) is 0 Å². The van der Waals surface area contributed by atoms with Gasteiger partial charge in [0.1, 0.15) is 0 Å². The van der Waals surface area contributed by atoms with Gasteiger partial charge in [0.05, 0.1) is 13.2 Å². The van der Waals surface area contributed by atoms with Crippen molar-refractivity contribution in [2.24, 2.45) is 5.41 Å². The van der Waals surface area contributed by atoms with Gasteiger partial charge in [-0.25, -0.2) is 0 Å². The fraction of sp³-hybridized carbons (Fsp3) is 1.00. The smallest absolute Gasteiger partial charge is 0.0589 e. The van der Waals surface area contributed by atoms with E-state index in [1.54, 1.807) is 7.11 Å². The van der Waals surface area contributed by atoms with Crippen molar-refractivity contribution >= 4 is 0 Å². The van der Waals surface area contributed by atoms with Gasteiger partial charge in [-0.1, -0.05) is 6.92 Å². The highest BCUT2D eigenvalue weighted by atomic mass is 16.5. The van der Waals surface area contributed by atoms with Crippen molar-refractivity contribution in [2.45, 2.75) is 32.2 Å². The summed E-state index contributed by atoms with van der Waals surface area (Å²) in [5.74, 6) is 0. The number of nitrogens with zero attached hydrogens (tertiary/aromatic N) is 1. The van der Waals surface area contributed by atoms with Crippen LogP contribution >= 0.6 is 0 Å². The summed E-state index contributed by atoms with van der Waals surface area (Å²) in [5.41, 5.74) is 0.326. The average Bonchev–Trinajstić information content (AvgIpc) is 3.12. The summed E-state index contributed by atoms with van der Waals surface area (Å²) in [5, 5.41) is 3.69. The van der Waals surface area contributed by atoms with Crippen LogP contribution in [0.5, 0.6) is 0 Å². The molecule has 0 radical (unpaired) electrons. The lowest BCUT2D eigenvalue weighted by atomic mass is 9.86. The SMILES string of the molecule is CCN(CCOC)CC1(CNC2CC2)CCOC1. The van der Waals surface area contributed by atoms with E-state index < -0.39 is 0 Å². The molecule has 1 saturated heterocycles. The molecule has 1 saturated carbocycles. The molecule has 2 aliphatic rings. The summed E-state index contributed by atoms with van der Waals surface area (Å²) < 4.78 is 10.9. The summed E-state index contributed by atoms with van der Waals surface area (Å²) in [7, 11) is 1.77. The van der Waals surface area contributed by atoms with E-state index >= 15 is 0 Å². The lowest BCUT2D eigenvalue weighted by molar-refractivity contribution is 0.0897. The number of rotatable bonds is 9. The minimum absolute atomic E-state index is 0.326. The highest BCUT2D eigenvalue weighted by Gasteiger charge is 2.37. The monoisotopic (exact) mass is 256 g/mol. The molecule has 0 aromatic rings. The highest BCUT2D eigenvalue weighted by molar-refractivity contribution is 4.92. The minimum Gasteiger partial charge on any atom is -0.383 e. The van der Waals surface area contributed by atoms with E-state index in [1.807, 2.05) is 0 Å². The maximum absolute atomic E-state index is 5.67. The van der Waals surface area contributed by atoms with Crippen LogP contribution in [-0.4, -0.2) is 64.1 Å². The van der Waals surface area contributed by atoms with Crippen LogP contribution in [0.4, 0.5) is 0 Å². The van der Waals surface area contributed by atoms with Crippen molar-refractivity contribution in [3.8, 4) is 0 Å². The van der Waals surface area contributed by atoms with Crippen LogP contribution in [0, 0.1) is 5.41 Å². The van der Waals surface area contributed by atoms with Gasteiger partial charge in [-0.2, -0.15) is 0 Å². The Morgan fingerprint density at radius 2 is 2.28 bits per heavy atom. The third-order valence-electron chi connectivity index (χ3n) is 4.15. The number of hydrogen-bond donors (Lipinski definition) is 1. The molecular formula is C14H28N2O2. The molecule has 4 heteroatoms. The van der Waals surface area contributed by atoms with Crippen molar-refractivity contribution in [2.75, 3.05) is 53.1 Å². The normalized spacial score (nSPS) is 28.2. The maximum Gasteiger partial charge on any atom is 0.0589 e. The first-order valence-corrected chi connectivity index (χ1v) is 7.30. The third kappa shape index (κ3) is 4.19. The molecular weight excluding hydrogens is 228 g/mol. The zero-order chi connectivity index (χ0) is 12.8. The Morgan fingerprint density at radius 3 is 2.83 bits per heavy atom. The van der Waals surface area contributed by atoms with Gasteiger partial charge >= 0.3 is 0 Å². The van der Waals surface area contributed by atoms with Crippen molar-refractivity contribution in [3.63, 3.8) is 0 Å². The van der Waals surface area contributed by atoms with Gasteiger partial charge in [-0.05, 0) is 25.8 Å². The minimum atomic E-state index is 0.326. The number of methoxy groups -OCH3 is 1. The second-order valence-corrected chi connectivity index (χ2v) is 5.82. The van der Waals surface area contributed by atoms with E-state index in [4.69, 9.17) is 9.47 Å². The predicted octanol–water partition coefficient (Wildman–Crippen LogP) is 1.11. The van der Waals surface area contributed by atoms with E-state index in [-0.39, 0.29) is 0 Å². The molecule has 4 nitrogen and oxygen atoms in total. The molecule has 1 aliphatic heterocycles. The number of nitrogens with one attached hydrogen (secondary N) is 1. The number of likely N-dealkylation sites (N-methyl/N-ethyl adjacent to an activating group) is 1. The Hall–Kier alpha value is -0.160. The van der Waals surface area contributed by atoms with Gasteiger partial charge in [0.25, 0.3) is 0 Å². The standard InChI is InChI=1S/C14H28N2O2/c1-3-16(7-9-17-2)11-14(6-8-18-12-14)10-15-13-4-5-13/h13,15H,3-12H2,1-2H3. The van der Waals surface area contributed by atoms with E-state index in [1.165, 1.54) is 19.3 Å². The van der Waals surface area contributed by atoms with Crippen LogP contribution in [0.2, 0.25) is 0 Å². The van der Waals surface area contributed by atoms with Gasteiger partial charge in [0, 0.05) is 44.8 Å². The molecule has 1 heterocycles. The van der Waals surface area contributed by atoms with Crippen LogP contribution in [0.1, 0.15) is 26.2 Å². The summed E-state index contributed by atoms with van der Waals surface area (Å²) in [6.45, 7) is 9.25. The second-order valence-electron chi connectivity index (χ2n) is 5.82. The Balaban J connectivity index is 1.82. The first-order chi connectivity index (χ1) is 8.78. The van der Waals surface area contributed by atoms with Gasteiger partial charge in [0.2, 0.25) is 0 Å². The zero-order valence-corrected chi connectivity index (χ0v) is 11.9. The zero-order valence-electron chi connectivity index (χ0n) is 11.9. The molecule has 1 aliphatic carbocycles. The molecule has 1 N–H and O–H groups in total. The second kappa shape index (κ2) is 6.85. The van der Waals surface area contributed by atoms with Crippen molar-refractivity contribution < 1.29 is 9.47 Å². The van der Waals surface area contributed by atoms with Crippen molar-refractivity contribution in [1.29, 1.82) is 0 Å². The molecule has 1 atom stereocenters. The first-order valence-electron chi connectivity index (χ1n) is 7.30. The van der Waals surface area contributed by atoms with Crippen LogP contribution in [0.15, 0.2) is 0 Å². The van der Waals surface area contributed by atoms with Gasteiger partial charge in [0.15, 0.2) is 0 Å². The quantitative estimate of drug-likeness (QED) is 0.670. The molecule has 0 amide bonds. The summed E-state index contributed by atoms with van der Waals surface area (Å²) in [6, 6.07) is 0.788.